The van der Waals surface area contributed by atoms with E-state index < -0.39 is 41.7 Å². The summed E-state index contributed by atoms with van der Waals surface area (Å²) in [4.78, 5) is 34.0. The molecule has 0 saturated carbocycles. The van der Waals surface area contributed by atoms with Gasteiger partial charge in [0.15, 0.2) is 0 Å². The second kappa shape index (κ2) is 10.9. The normalized spacial score (nSPS) is 19.2. The number of piperidine rings is 1. The number of aliphatic carboxylic acids is 1. The van der Waals surface area contributed by atoms with Crippen LogP contribution in [0.1, 0.15) is 36.6 Å². The number of aromatic nitrogens is 4. The van der Waals surface area contributed by atoms with Crippen LogP contribution in [0.15, 0.2) is 36.5 Å². The van der Waals surface area contributed by atoms with E-state index in [0.29, 0.717) is 31.6 Å². The number of likely N-dealkylation sites (tertiary alicyclic amines) is 1. The highest BCUT2D eigenvalue weighted by molar-refractivity contribution is 6.30. The van der Waals surface area contributed by atoms with Gasteiger partial charge in [0.05, 0.1) is 11.4 Å². The number of ether oxygens (including phenoxy) is 1. The third kappa shape index (κ3) is 5.86. The highest BCUT2D eigenvalue weighted by Crippen LogP contribution is 2.45. The van der Waals surface area contributed by atoms with Gasteiger partial charge in [0.25, 0.3) is 0 Å². The van der Waals surface area contributed by atoms with Crippen molar-refractivity contribution in [3.63, 3.8) is 0 Å². The summed E-state index contributed by atoms with van der Waals surface area (Å²) in [5.41, 5.74) is 5.76. The second-order valence-electron chi connectivity index (χ2n) is 10.5. The molecule has 2 atom stereocenters. The molecule has 3 aromatic rings. The lowest BCUT2D eigenvalue weighted by Gasteiger charge is -2.39. The SMILES string of the molecule is Cc1ccn(-c2cc(Cl)ccc2[C@@H](Oc2cc(N3CCC4(CC3)C[C@@H](C(=O)O)N(C(=O)O)C4)nc(N)n2)C(F)(F)F)n1. The summed E-state index contributed by atoms with van der Waals surface area (Å²) in [5, 5.41) is 23.4. The van der Waals surface area contributed by atoms with Crippen LogP contribution in [0.4, 0.5) is 29.7 Å². The van der Waals surface area contributed by atoms with Gasteiger partial charge in [0.1, 0.15) is 11.9 Å². The molecule has 2 aliphatic heterocycles. The van der Waals surface area contributed by atoms with Crippen molar-refractivity contribution in [3.05, 3.63) is 52.8 Å². The van der Waals surface area contributed by atoms with Gasteiger partial charge in [-0.2, -0.15) is 28.2 Å². The summed E-state index contributed by atoms with van der Waals surface area (Å²) >= 11 is 6.11. The lowest BCUT2D eigenvalue weighted by molar-refractivity contribution is -0.198. The number of nitrogen functional groups attached to an aromatic ring is 1. The zero-order valence-electron chi connectivity index (χ0n) is 22.3. The summed E-state index contributed by atoms with van der Waals surface area (Å²) in [6.07, 6.45) is -6.02. The Morgan fingerprint density at radius 3 is 2.45 bits per heavy atom. The second-order valence-corrected chi connectivity index (χ2v) is 11.0. The summed E-state index contributed by atoms with van der Waals surface area (Å²) in [7, 11) is 0. The molecule has 4 heterocycles. The average Bonchev–Trinajstić information content (AvgIpc) is 3.51. The fourth-order valence-corrected chi connectivity index (χ4v) is 5.78. The minimum absolute atomic E-state index is 0.0770. The molecule has 1 aromatic carbocycles. The summed E-state index contributed by atoms with van der Waals surface area (Å²) < 4.78 is 50.0. The van der Waals surface area contributed by atoms with Gasteiger partial charge in [-0.15, -0.1) is 0 Å². The molecule has 5 rings (SSSR count). The third-order valence-electron chi connectivity index (χ3n) is 7.67. The van der Waals surface area contributed by atoms with Crippen molar-refractivity contribution < 1.29 is 37.7 Å². The van der Waals surface area contributed by atoms with Gasteiger partial charge in [-0.25, -0.2) is 14.3 Å². The van der Waals surface area contributed by atoms with E-state index in [9.17, 15) is 33.0 Å². The monoisotopic (exact) mass is 609 g/mol. The fourth-order valence-electron chi connectivity index (χ4n) is 5.62. The maximum absolute atomic E-state index is 14.4. The molecule has 2 aliphatic rings. The third-order valence-corrected chi connectivity index (χ3v) is 7.91. The predicted octanol–water partition coefficient (Wildman–Crippen LogP) is 4.31. The number of anilines is 2. The largest absolute Gasteiger partial charge is 0.480 e. The Morgan fingerprint density at radius 1 is 1.17 bits per heavy atom. The molecule has 0 aliphatic carbocycles. The van der Waals surface area contributed by atoms with Gasteiger partial charge >= 0.3 is 18.2 Å². The number of rotatable bonds is 6. The van der Waals surface area contributed by atoms with Crippen molar-refractivity contribution in [2.24, 2.45) is 5.41 Å². The van der Waals surface area contributed by atoms with Gasteiger partial charge in [-0.1, -0.05) is 17.7 Å². The number of aryl methyl sites for hydroxylation is 1. The number of hydrogen-bond donors (Lipinski definition) is 3. The Balaban J connectivity index is 1.39. The van der Waals surface area contributed by atoms with Crippen molar-refractivity contribution in [3.8, 4) is 11.6 Å². The Bertz CT molecular complexity index is 1490. The van der Waals surface area contributed by atoms with Gasteiger partial charge < -0.3 is 25.6 Å². The molecular formula is C26H27ClF3N7O5. The molecular weight excluding hydrogens is 583 g/mol. The highest BCUT2D eigenvalue weighted by Gasteiger charge is 2.50. The van der Waals surface area contributed by atoms with Gasteiger partial charge in [-0.05, 0) is 49.8 Å². The number of nitrogens with zero attached hydrogens (tertiary/aromatic N) is 6. The number of halogens is 4. The van der Waals surface area contributed by atoms with E-state index in [4.69, 9.17) is 22.1 Å². The van der Waals surface area contributed by atoms with Crippen molar-refractivity contribution in [2.75, 3.05) is 30.3 Å². The molecule has 16 heteroatoms. The number of hydrogen-bond acceptors (Lipinski definition) is 8. The Hall–Kier alpha value is -4.27. The van der Waals surface area contributed by atoms with E-state index in [0.717, 1.165) is 4.90 Å². The van der Waals surface area contributed by atoms with E-state index >= 15 is 0 Å². The van der Waals surface area contributed by atoms with Crippen molar-refractivity contribution in [1.82, 2.24) is 24.6 Å². The van der Waals surface area contributed by atoms with Crippen molar-refractivity contribution in [1.29, 1.82) is 0 Å². The van der Waals surface area contributed by atoms with Gasteiger partial charge in [0, 0.05) is 42.5 Å². The average molecular weight is 610 g/mol. The highest BCUT2D eigenvalue weighted by atomic mass is 35.5. The van der Waals surface area contributed by atoms with E-state index in [1.807, 2.05) is 0 Å². The van der Waals surface area contributed by atoms with Crippen LogP contribution < -0.4 is 15.4 Å². The molecule has 2 aromatic heterocycles. The topological polar surface area (TPSA) is 160 Å². The molecule has 12 nitrogen and oxygen atoms in total. The fraction of sp³-hybridized carbons (Fsp3) is 0.423. The Kier molecular flexibility index (Phi) is 7.55. The Labute approximate surface area is 242 Å². The minimum Gasteiger partial charge on any atom is -0.480 e. The number of benzene rings is 1. The van der Waals surface area contributed by atoms with Crippen LogP contribution in [0.3, 0.4) is 0 Å². The first-order valence-corrected chi connectivity index (χ1v) is 13.3. The summed E-state index contributed by atoms with van der Waals surface area (Å²) in [6, 6.07) is 5.67. The lowest BCUT2D eigenvalue weighted by Crippen LogP contribution is -2.43. The van der Waals surface area contributed by atoms with Gasteiger partial charge in [-0.3, -0.25) is 4.90 Å². The molecule has 4 N–H and O–H groups in total. The van der Waals surface area contributed by atoms with Crippen LogP contribution in [0.25, 0.3) is 5.69 Å². The van der Waals surface area contributed by atoms with E-state index in [-0.39, 0.29) is 41.0 Å². The molecule has 42 heavy (non-hydrogen) atoms. The van der Waals surface area contributed by atoms with Crippen LogP contribution in [0.2, 0.25) is 5.02 Å². The summed E-state index contributed by atoms with van der Waals surface area (Å²) in [5.74, 6) is -1.67. The maximum atomic E-state index is 14.4. The van der Waals surface area contributed by atoms with Crippen LogP contribution in [0.5, 0.6) is 5.88 Å². The number of carboxylic acids is 1. The molecule has 0 radical (unpaired) electrons. The Morgan fingerprint density at radius 2 is 1.88 bits per heavy atom. The van der Waals surface area contributed by atoms with Crippen LogP contribution in [-0.4, -0.2) is 78.8 Å². The van der Waals surface area contributed by atoms with Crippen LogP contribution in [0, 0.1) is 12.3 Å². The molecule has 2 saturated heterocycles. The predicted molar refractivity (Wildman–Crippen MR) is 144 cm³/mol. The van der Waals surface area contributed by atoms with Crippen molar-refractivity contribution >= 4 is 35.4 Å². The molecule has 2 fully saturated rings. The number of nitrogens with two attached hydrogens (primary N) is 1. The zero-order valence-corrected chi connectivity index (χ0v) is 23.0. The van der Waals surface area contributed by atoms with E-state index in [2.05, 4.69) is 15.1 Å². The smallest absolute Gasteiger partial charge is 0.429 e. The number of amides is 1. The van der Waals surface area contributed by atoms with E-state index in [1.54, 1.807) is 17.9 Å². The maximum Gasteiger partial charge on any atom is 0.429 e. The lowest BCUT2D eigenvalue weighted by atomic mass is 9.76. The molecule has 1 spiro atoms. The van der Waals surface area contributed by atoms with E-state index in [1.165, 1.54) is 35.1 Å². The molecule has 0 bridgehead atoms. The summed E-state index contributed by atoms with van der Waals surface area (Å²) in [6.45, 7) is 2.47. The zero-order chi connectivity index (χ0) is 30.4. The number of carboxylic acid groups (broad SMARTS) is 2. The molecule has 224 valence electrons. The first-order valence-electron chi connectivity index (χ1n) is 12.9. The quantitative estimate of drug-likeness (QED) is 0.367. The number of carbonyl (C=O) groups is 2. The van der Waals surface area contributed by atoms with Crippen LogP contribution >= 0.6 is 11.6 Å². The first-order chi connectivity index (χ1) is 19.7. The van der Waals surface area contributed by atoms with Crippen molar-refractivity contribution in [2.45, 2.75) is 44.5 Å². The number of alkyl halides is 3. The molecule has 0 unspecified atom stereocenters. The van der Waals surface area contributed by atoms with Crippen LogP contribution in [-0.2, 0) is 4.79 Å². The minimum atomic E-state index is -4.86. The van der Waals surface area contributed by atoms with Gasteiger partial charge in [0.2, 0.25) is 17.9 Å². The molecule has 1 amide bonds. The standard InChI is InChI=1S/C26H27ClF3N7O5/c1-14-4-7-37(34-14)17-10-15(27)2-3-16(17)21(26(28,29)30)42-20-11-19(32-23(31)33-20)35-8-5-25(6-9-35)12-18(22(38)39)36(13-25)24(40)41/h2-4,7,10-11,18,21H,5-6,8-9,12-13H2,1H3,(H,38,39)(H,40,41)(H2,31,32,33)/t18-,21+/m0/s1. The first kappa shape index (κ1) is 29.2.